The third-order valence-corrected chi connectivity index (χ3v) is 6.89. The number of pyridine rings is 1. The summed E-state index contributed by atoms with van der Waals surface area (Å²) in [6.45, 7) is 6.01. The molecule has 0 bridgehead atoms. The van der Waals surface area contributed by atoms with Gasteiger partial charge >= 0.3 is 0 Å². The Labute approximate surface area is 215 Å². The minimum atomic E-state index is -0.152. The van der Waals surface area contributed by atoms with E-state index in [4.69, 9.17) is 9.47 Å². The van der Waals surface area contributed by atoms with E-state index in [1.54, 1.807) is 12.3 Å². The molecule has 37 heavy (non-hydrogen) atoms. The van der Waals surface area contributed by atoms with Crippen LogP contribution in [0.2, 0.25) is 0 Å². The van der Waals surface area contributed by atoms with Crippen LogP contribution in [-0.2, 0) is 11.2 Å². The fourth-order valence-electron chi connectivity index (χ4n) is 4.99. The Morgan fingerprint density at radius 2 is 1.97 bits per heavy atom. The first-order chi connectivity index (χ1) is 18.0. The van der Waals surface area contributed by atoms with Crippen molar-refractivity contribution in [2.24, 2.45) is 0 Å². The number of nitrogens with zero attached hydrogens (tertiary/aromatic N) is 3. The van der Waals surface area contributed by atoms with E-state index in [0.29, 0.717) is 13.2 Å². The summed E-state index contributed by atoms with van der Waals surface area (Å²) in [7, 11) is 0. The summed E-state index contributed by atoms with van der Waals surface area (Å²) in [6, 6.07) is 16.0. The van der Waals surface area contributed by atoms with Crippen LogP contribution in [0.25, 0.3) is 0 Å². The first-order valence-electron chi connectivity index (χ1n) is 12.6. The molecule has 0 saturated carbocycles. The highest BCUT2D eigenvalue weighted by Gasteiger charge is 2.29. The molecule has 2 N–H and O–H groups in total. The lowest BCUT2D eigenvalue weighted by Crippen LogP contribution is -2.39. The lowest BCUT2D eigenvalue weighted by Gasteiger charge is -2.36. The number of benzene rings is 2. The lowest BCUT2D eigenvalue weighted by molar-refractivity contribution is 0.0384. The number of morpholine rings is 1. The zero-order valence-corrected chi connectivity index (χ0v) is 20.9. The quantitative estimate of drug-likeness (QED) is 0.358. The first-order valence-corrected chi connectivity index (χ1v) is 12.6. The Balaban J connectivity index is 1.21. The molecule has 2 aromatic carbocycles. The third-order valence-electron chi connectivity index (χ3n) is 6.89. The van der Waals surface area contributed by atoms with Crippen molar-refractivity contribution in [3.8, 4) is 11.5 Å². The van der Waals surface area contributed by atoms with Crippen molar-refractivity contribution in [3.63, 3.8) is 0 Å². The Morgan fingerprint density at radius 1 is 1.11 bits per heavy atom. The van der Waals surface area contributed by atoms with Gasteiger partial charge in [-0.25, -0.2) is 9.97 Å². The average Bonchev–Trinajstić information content (AvgIpc) is 2.92. The van der Waals surface area contributed by atoms with Crippen molar-refractivity contribution in [1.82, 2.24) is 15.0 Å². The second-order valence-electron chi connectivity index (χ2n) is 9.64. The highest BCUT2D eigenvalue weighted by molar-refractivity contribution is 5.59. The number of nitrogens with one attached hydrogen (secondary N) is 2. The summed E-state index contributed by atoms with van der Waals surface area (Å²) in [6.07, 6.45) is 5.98. The summed E-state index contributed by atoms with van der Waals surface area (Å²) in [4.78, 5) is 25.6. The Hall–Kier alpha value is -4.17. The Kier molecular flexibility index (Phi) is 6.10. The molecule has 4 aromatic rings. The molecule has 2 aromatic heterocycles. The smallest absolute Gasteiger partial charge is 0.249 e. The molecule has 0 amide bonds. The second kappa shape index (κ2) is 9.71. The van der Waals surface area contributed by atoms with Gasteiger partial charge in [0.2, 0.25) is 5.56 Å². The van der Waals surface area contributed by atoms with Crippen LogP contribution < -0.4 is 20.5 Å². The van der Waals surface area contributed by atoms with Crippen molar-refractivity contribution in [2.75, 3.05) is 29.9 Å². The van der Waals surface area contributed by atoms with E-state index in [0.717, 1.165) is 63.9 Å². The van der Waals surface area contributed by atoms with Crippen LogP contribution in [0, 0.1) is 6.92 Å². The summed E-state index contributed by atoms with van der Waals surface area (Å²) in [5, 5.41) is 3.51. The fraction of sp³-hybridized carbons (Fsp3) is 0.276. The molecule has 0 spiro atoms. The molecule has 0 aliphatic carbocycles. The van der Waals surface area contributed by atoms with Gasteiger partial charge < -0.3 is 24.7 Å². The monoisotopic (exact) mass is 495 g/mol. The number of aromatic nitrogens is 3. The number of aromatic amines is 1. The van der Waals surface area contributed by atoms with Crippen LogP contribution in [-0.4, -0.2) is 34.6 Å². The highest BCUT2D eigenvalue weighted by atomic mass is 16.5. The normalized spacial score (nSPS) is 17.4. The standard InChI is InChI=1S/C29H29N5O3/c1-18-15-31-29(32-16-18)19(2)33-22-6-7-25-21(13-22)12-20-4-3-5-24(28(20)37-25)26-17-34(10-11-36-26)23-8-9-30-27(35)14-23/h3-9,13-16,19,26,33H,10-12,17H2,1-2H3,(H,30,35). The summed E-state index contributed by atoms with van der Waals surface area (Å²) < 4.78 is 12.7. The molecule has 6 rings (SSSR count). The molecule has 1 fully saturated rings. The number of hydrogen-bond acceptors (Lipinski definition) is 7. The number of aryl methyl sites for hydroxylation is 1. The minimum absolute atomic E-state index is 0.0198. The van der Waals surface area contributed by atoms with Crippen LogP contribution in [0.4, 0.5) is 11.4 Å². The van der Waals surface area contributed by atoms with E-state index in [9.17, 15) is 4.79 Å². The van der Waals surface area contributed by atoms with Gasteiger partial charge in [0.05, 0.1) is 12.6 Å². The maximum absolute atomic E-state index is 11.8. The summed E-state index contributed by atoms with van der Waals surface area (Å²) in [5.41, 5.74) is 6.13. The van der Waals surface area contributed by atoms with Gasteiger partial charge in [-0.05, 0) is 49.2 Å². The van der Waals surface area contributed by atoms with Crippen LogP contribution in [0.15, 0.2) is 71.9 Å². The maximum Gasteiger partial charge on any atom is 0.249 e. The van der Waals surface area contributed by atoms with Crippen molar-refractivity contribution >= 4 is 11.4 Å². The number of rotatable bonds is 5. The largest absolute Gasteiger partial charge is 0.456 e. The molecule has 2 aliphatic heterocycles. The fourth-order valence-corrected chi connectivity index (χ4v) is 4.99. The predicted octanol–water partition coefficient (Wildman–Crippen LogP) is 4.92. The predicted molar refractivity (Wildman–Crippen MR) is 143 cm³/mol. The molecule has 2 unspecified atom stereocenters. The Bertz CT molecular complexity index is 1480. The average molecular weight is 496 g/mol. The van der Waals surface area contributed by atoms with E-state index in [2.05, 4.69) is 56.4 Å². The van der Waals surface area contributed by atoms with Crippen molar-refractivity contribution in [3.05, 3.63) is 106 Å². The van der Waals surface area contributed by atoms with Crippen LogP contribution in [0.1, 0.15) is 47.1 Å². The van der Waals surface area contributed by atoms with Gasteiger partial charge in [-0.2, -0.15) is 0 Å². The number of para-hydroxylation sites is 1. The number of fused-ring (bicyclic) bond motifs is 2. The van der Waals surface area contributed by atoms with Gasteiger partial charge in [0, 0.05) is 66.7 Å². The third kappa shape index (κ3) is 4.80. The second-order valence-corrected chi connectivity index (χ2v) is 9.64. The summed E-state index contributed by atoms with van der Waals surface area (Å²) >= 11 is 0. The molecular formula is C29H29N5O3. The van der Waals surface area contributed by atoms with Crippen molar-refractivity contribution in [2.45, 2.75) is 32.4 Å². The SMILES string of the molecule is Cc1cnc(C(C)Nc2ccc3c(c2)Cc2cccc(C4CN(c5cc[nH]c(=O)c5)CCO4)c2O3)nc1. The zero-order valence-electron chi connectivity index (χ0n) is 20.9. The van der Waals surface area contributed by atoms with Gasteiger partial charge in [0.1, 0.15) is 23.4 Å². The number of hydrogen-bond donors (Lipinski definition) is 2. The Morgan fingerprint density at radius 3 is 2.81 bits per heavy atom. The number of H-pyrrole nitrogens is 1. The molecular weight excluding hydrogens is 466 g/mol. The summed E-state index contributed by atoms with van der Waals surface area (Å²) in [5.74, 6) is 2.48. The van der Waals surface area contributed by atoms with Gasteiger partial charge in [-0.15, -0.1) is 0 Å². The van der Waals surface area contributed by atoms with E-state index in [1.807, 2.05) is 37.5 Å². The van der Waals surface area contributed by atoms with Gasteiger partial charge in [0.25, 0.3) is 0 Å². The van der Waals surface area contributed by atoms with E-state index >= 15 is 0 Å². The van der Waals surface area contributed by atoms with Crippen molar-refractivity contribution < 1.29 is 9.47 Å². The number of anilines is 2. The first kappa shape index (κ1) is 23.2. The highest BCUT2D eigenvalue weighted by Crippen LogP contribution is 2.43. The minimum Gasteiger partial charge on any atom is -0.456 e. The van der Waals surface area contributed by atoms with E-state index in [-0.39, 0.29) is 17.7 Å². The molecule has 188 valence electrons. The lowest BCUT2D eigenvalue weighted by atomic mass is 9.95. The zero-order chi connectivity index (χ0) is 25.4. The molecule has 4 heterocycles. The van der Waals surface area contributed by atoms with Crippen LogP contribution in [0.3, 0.4) is 0 Å². The maximum atomic E-state index is 11.8. The van der Waals surface area contributed by atoms with E-state index in [1.165, 1.54) is 0 Å². The van der Waals surface area contributed by atoms with Gasteiger partial charge in [0.15, 0.2) is 0 Å². The molecule has 8 nitrogen and oxygen atoms in total. The molecule has 2 atom stereocenters. The van der Waals surface area contributed by atoms with Gasteiger partial charge in [-0.3, -0.25) is 4.79 Å². The van der Waals surface area contributed by atoms with E-state index < -0.39 is 0 Å². The topological polar surface area (TPSA) is 92.4 Å². The van der Waals surface area contributed by atoms with Gasteiger partial charge in [-0.1, -0.05) is 18.2 Å². The van der Waals surface area contributed by atoms with Crippen LogP contribution >= 0.6 is 0 Å². The molecule has 8 heteroatoms. The van der Waals surface area contributed by atoms with Crippen molar-refractivity contribution in [1.29, 1.82) is 0 Å². The molecule has 1 saturated heterocycles. The number of ether oxygens (including phenoxy) is 2. The van der Waals surface area contributed by atoms with Crippen LogP contribution in [0.5, 0.6) is 11.5 Å². The molecule has 0 radical (unpaired) electrons. The molecule has 2 aliphatic rings.